The number of nitrogens with zero attached hydrogens (tertiary/aromatic N) is 3. The molecule has 6 nitrogen and oxygen atoms in total. The van der Waals surface area contributed by atoms with Gasteiger partial charge in [0.05, 0.1) is 16.8 Å². The maximum absolute atomic E-state index is 12.8. The Balaban J connectivity index is 1.38. The summed E-state index contributed by atoms with van der Waals surface area (Å²) in [6.45, 7) is 0.946. The molecule has 3 aromatic rings. The van der Waals surface area contributed by atoms with Gasteiger partial charge in [-0.3, -0.25) is 4.79 Å². The lowest BCUT2D eigenvalue weighted by atomic mass is 9.95. The Hall–Kier alpha value is -2.81. The van der Waals surface area contributed by atoms with Crippen LogP contribution in [0.3, 0.4) is 0 Å². The smallest absolute Gasteiger partial charge is 0.356 e. The van der Waals surface area contributed by atoms with Crippen molar-refractivity contribution in [1.82, 2.24) is 10.1 Å². The Morgan fingerprint density at radius 3 is 2.66 bits per heavy atom. The van der Waals surface area contributed by atoms with E-state index in [2.05, 4.69) is 15.5 Å². The molecule has 0 aliphatic carbocycles. The first-order chi connectivity index (χ1) is 13.8. The highest BCUT2D eigenvalue weighted by Crippen LogP contribution is 2.34. The standard InChI is InChI=1S/C19H16ClF3N4O2/c20-15-8-13(19(21,22)23)10-24-17(15)27-5-3-11(4-6-27)18(28)26-14-1-2-16-12(7-14)9-25-29-16/h1-2,7-11H,3-6H2,(H,26,28). The average Bonchev–Trinajstić information content (AvgIpc) is 3.15. The zero-order chi connectivity index (χ0) is 20.6. The zero-order valence-corrected chi connectivity index (χ0v) is 15.8. The topological polar surface area (TPSA) is 71.3 Å². The van der Waals surface area contributed by atoms with Crippen LogP contribution in [0.15, 0.2) is 41.2 Å². The molecule has 3 heterocycles. The monoisotopic (exact) mass is 424 g/mol. The molecule has 0 saturated carbocycles. The van der Waals surface area contributed by atoms with Gasteiger partial charge in [-0.15, -0.1) is 0 Å². The molecule has 29 heavy (non-hydrogen) atoms. The molecule has 1 aliphatic heterocycles. The summed E-state index contributed by atoms with van der Waals surface area (Å²) >= 11 is 6.02. The third kappa shape index (κ3) is 4.14. The summed E-state index contributed by atoms with van der Waals surface area (Å²) in [6, 6.07) is 6.14. The number of hydrogen-bond donors (Lipinski definition) is 1. The second-order valence-electron chi connectivity index (χ2n) is 6.86. The predicted octanol–water partition coefficient (Wildman–Crippen LogP) is 4.75. The van der Waals surface area contributed by atoms with Crippen molar-refractivity contribution < 1.29 is 22.5 Å². The van der Waals surface area contributed by atoms with Crippen LogP contribution in [0.2, 0.25) is 5.02 Å². The quantitative estimate of drug-likeness (QED) is 0.657. The van der Waals surface area contributed by atoms with Crippen LogP contribution in [-0.4, -0.2) is 29.1 Å². The summed E-state index contributed by atoms with van der Waals surface area (Å²) in [7, 11) is 0. The van der Waals surface area contributed by atoms with Crippen LogP contribution < -0.4 is 10.2 Å². The van der Waals surface area contributed by atoms with Crippen molar-refractivity contribution in [3.05, 3.63) is 47.2 Å². The second kappa shape index (κ2) is 7.55. The lowest BCUT2D eigenvalue weighted by Gasteiger charge is -2.32. The highest BCUT2D eigenvalue weighted by molar-refractivity contribution is 6.33. The number of nitrogens with one attached hydrogen (secondary N) is 1. The van der Waals surface area contributed by atoms with E-state index in [1.807, 2.05) is 0 Å². The number of anilines is 2. The number of carbonyl (C=O) groups is 1. The van der Waals surface area contributed by atoms with Crippen molar-refractivity contribution in [3.63, 3.8) is 0 Å². The molecule has 1 fully saturated rings. The van der Waals surface area contributed by atoms with Crippen molar-refractivity contribution in [2.75, 3.05) is 23.3 Å². The minimum atomic E-state index is -4.49. The average molecular weight is 425 g/mol. The molecule has 1 amide bonds. The number of amides is 1. The maximum Gasteiger partial charge on any atom is 0.417 e. The highest BCUT2D eigenvalue weighted by Gasteiger charge is 2.33. The minimum Gasteiger partial charge on any atom is -0.356 e. The first-order valence-corrected chi connectivity index (χ1v) is 9.32. The first-order valence-electron chi connectivity index (χ1n) is 8.94. The molecule has 1 aromatic carbocycles. The van der Waals surface area contributed by atoms with E-state index in [-0.39, 0.29) is 16.8 Å². The van der Waals surface area contributed by atoms with E-state index in [9.17, 15) is 18.0 Å². The van der Waals surface area contributed by atoms with Crippen molar-refractivity contribution in [3.8, 4) is 0 Å². The number of aromatic nitrogens is 2. The van der Waals surface area contributed by atoms with Gasteiger partial charge in [-0.05, 0) is 37.1 Å². The summed E-state index contributed by atoms with van der Waals surface area (Å²) in [5.41, 5.74) is 0.406. The fourth-order valence-corrected chi connectivity index (χ4v) is 3.65. The SMILES string of the molecule is O=C(Nc1ccc2oncc2c1)C1CCN(c2ncc(C(F)(F)F)cc2Cl)CC1. The molecule has 0 bridgehead atoms. The van der Waals surface area contributed by atoms with Crippen LogP contribution in [0.4, 0.5) is 24.7 Å². The Morgan fingerprint density at radius 2 is 1.97 bits per heavy atom. The fourth-order valence-electron chi connectivity index (χ4n) is 3.37. The van der Waals surface area contributed by atoms with E-state index in [4.69, 9.17) is 16.1 Å². The summed E-state index contributed by atoms with van der Waals surface area (Å²) in [6.07, 6.45) is -1.05. The number of hydrogen-bond acceptors (Lipinski definition) is 5. The number of alkyl halides is 3. The van der Waals surface area contributed by atoms with E-state index >= 15 is 0 Å². The molecule has 1 saturated heterocycles. The van der Waals surface area contributed by atoms with Crippen molar-refractivity contribution in [1.29, 1.82) is 0 Å². The molecule has 0 atom stereocenters. The molecule has 0 spiro atoms. The van der Waals surface area contributed by atoms with Crippen LogP contribution in [0.1, 0.15) is 18.4 Å². The van der Waals surface area contributed by atoms with Crippen molar-refractivity contribution in [2.45, 2.75) is 19.0 Å². The molecule has 10 heteroatoms. The third-order valence-electron chi connectivity index (χ3n) is 4.93. The van der Waals surface area contributed by atoms with Gasteiger partial charge in [0.25, 0.3) is 0 Å². The number of fused-ring (bicyclic) bond motifs is 1. The third-order valence-corrected chi connectivity index (χ3v) is 5.21. The van der Waals surface area contributed by atoms with E-state index in [0.29, 0.717) is 43.0 Å². The number of benzene rings is 1. The summed E-state index contributed by atoms with van der Waals surface area (Å²) in [5, 5.41) is 7.33. The van der Waals surface area contributed by atoms with E-state index < -0.39 is 11.7 Å². The van der Waals surface area contributed by atoms with Gasteiger partial charge in [-0.25, -0.2) is 4.98 Å². The number of pyridine rings is 1. The van der Waals surface area contributed by atoms with E-state index in [1.54, 1.807) is 29.3 Å². The van der Waals surface area contributed by atoms with Gasteiger partial charge in [-0.2, -0.15) is 13.2 Å². The maximum atomic E-state index is 12.8. The second-order valence-corrected chi connectivity index (χ2v) is 7.26. The lowest BCUT2D eigenvalue weighted by Crippen LogP contribution is -2.38. The number of halogens is 4. The Labute approximate surface area is 168 Å². The van der Waals surface area contributed by atoms with E-state index in [1.165, 1.54) is 0 Å². The summed E-state index contributed by atoms with van der Waals surface area (Å²) in [5.74, 6) is -0.0130. The Kier molecular flexibility index (Phi) is 5.08. The normalized spacial score (nSPS) is 15.7. The largest absolute Gasteiger partial charge is 0.417 e. The Bertz CT molecular complexity index is 1050. The van der Waals surface area contributed by atoms with Crippen molar-refractivity contribution >= 4 is 40.0 Å². The number of piperidine rings is 1. The van der Waals surface area contributed by atoms with Crippen LogP contribution in [0.25, 0.3) is 11.0 Å². The predicted molar refractivity (Wildman–Crippen MR) is 102 cm³/mol. The molecule has 1 N–H and O–H groups in total. The molecule has 152 valence electrons. The fraction of sp³-hybridized carbons (Fsp3) is 0.316. The Morgan fingerprint density at radius 1 is 1.21 bits per heavy atom. The minimum absolute atomic E-state index is 0.0512. The number of rotatable bonds is 3. The van der Waals surface area contributed by atoms with Crippen LogP contribution >= 0.6 is 11.6 Å². The first kappa shape index (κ1) is 19.5. The molecule has 0 unspecified atom stereocenters. The lowest BCUT2D eigenvalue weighted by molar-refractivity contribution is -0.137. The molecular weight excluding hydrogens is 409 g/mol. The summed E-state index contributed by atoms with van der Waals surface area (Å²) in [4.78, 5) is 18.3. The van der Waals surface area contributed by atoms with Crippen LogP contribution in [0, 0.1) is 5.92 Å². The highest BCUT2D eigenvalue weighted by atomic mass is 35.5. The van der Waals surface area contributed by atoms with Gasteiger partial charge in [0.2, 0.25) is 5.91 Å². The van der Waals surface area contributed by atoms with Gasteiger partial charge in [0.15, 0.2) is 5.58 Å². The molecule has 4 rings (SSSR count). The molecular formula is C19H16ClF3N4O2. The zero-order valence-electron chi connectivity index (χ0n) is 15.0. The van der Waals surface area contributed by atoms with Gasteiger partial charge in [0.1, 0.15) is 5.82 Å². The van der Waals surface area contributed by atoms with Crippen LogP contribution in [0.5, 0.6) is 0 Å². The van der Waals surface area contributed by atoms with Gasteiger partial charge < -0.3 is 14.7 Å². The van der Waals surface area contributed by atoms with Crippen molar-refractivity contribution in [2.24, 2.45) is 5.92 Å². The number of carbonyl (C=O) groups excluding carboxylic acids is 1. The summed E-state index contributed by atoms with van der Waals surface area (Å²) < 4.78 is 43.3. The molecule has 2 aromatic heterocycles. The molecule has 0 radical (unpaired) electrons. The van der Waals surface area contributed by atoms with E-state index in [0.717, 1.165) is 17.6 Å². The van der Waals surface area contributed by atoms with Gasteiger partial charge in [-0.1, -0.05) is 16.8 Å². The molecule has 1 aliphatic rings. The van der Waals surface area contributed by atoms with Gasteiger partial charge >= 0.3 is 6.18 Å². The van der Waals surface area contributed by atoms with Gasteiger partial charge in [0, 0.05) is 36.3 Å². The van der Waals surface area contributed by atoms with Crippen LogP contribution in [-0.2, 0) is 11.0 Å².